The molecule has 1 amide bonds. The van der Waals surface area contributed by atoms with E-state index in [1.54, 1.807) is 0 Å². The molecule has 1 aromatic rings. The summed E-state index contributed by atoms with van der Waals surface area (Å²) in [4.78, 5) is 13.4. The highest BCUT2D eigenvalue weighted by atomic mass is 32.2. The number of fused-ring (bicyclic) bond motifs is 1. The molecule has 2 aliphatic heterocycles. The predicted molar refractivity (Wildman–Crippen MR) is 64.7 cm³/mol. The van der Waals surface area contributed by atoms with Gasteiger partial charge in [0.15, 0.2) is 5.82 Å². The van der Waals surface area contributed by atoms with Gasteiger partial charge >= 0.3 is 0 Å². The molecule has 2 fully saturated rings. The van der Waals surface area contributed by atoms with E-state index < -0.39 is 0 Å². The van der Waals surface area contributed by atoms with Crippen LogP contribution in [0.5, 0.6) is 0 Å². The first-order valence-electron chi connectivity index (χ1n) is 4.82. The minimum absolute atomic E-state index is 0. The Labute approximate surface area is 107 Å². The number of nitrogens with zero attached hydrogens (tertiary/aromatic N) is 4. The van der Waals surface area contributed by atoms with Gasteiger partial charge in [-0.25, -0.2) is 0 Å². The summed E-state index contributed by atoms with van der Waals surface area (Å²) in [6.07, 6.45) is 0.641. The van der Waals surface area contributed by atoms with Gasteiger partial charge in [-0.3, -0.25) is 4.79 Å². The molecule has 0 aliphatic carbocycles. The smallest absolute Gasteiger partial charge is 0.227 e. The number of thioether (sulfide) groups is 1. The summed E-state index contributed by atoms with van der Waals surface area (Å²) in [7, 11) is 0. The molecule has 3 heterocycles. The lowest BCUT2D eigenvalue weighted by Gasteiger charge is -2.37. The summed E-state index contributed by atoms with van der Waals surface area (Å²) in [6.45, 7) is 4.23. The van der Waals surface area contributed by atoms with Crippen molar-refractivity contribution in [3.05, 3.63) is 5.82 Å². The van der Waals surface area contributed by atoms with Crippen molar-refractivity contribution in [2.24, 2.45) is 0 Å². The molecule has 0 radical (unpaired) electrons. The van der Waals surface area contributed by atoms with Crippen LogP contribution < -0.4 is 0 Å². The number of hydrogen-bond acceptors (Lipinski definition) is 5. The Bertz CT molecular complexity index is 412. The van der Waals surface area contributed by atoms with E-state index >= 15 is 0 Å². The number of aromatic amines is 1. The summed E-state index contributed by atoms with van der Waals surface area (Å²) in [5.74, 6) is 0.802. The fraction of sp³-hybridized carbons (Fsp3) is 0.750. The lowest BCUT2D eigenvalue weighted by molar-refractivity contribution is -0.144. The van der Waals surface area contributed by atoms with Crippen molar-refractivity contribution in [1.82, 2.24) is 25.5 Å². The molecule has 10 heteroatoms. The number of aromatic nitrogens is 4. The first-order chi connectivity index (χ1) is 7.09. The molecule has 0 aromatic carbocycles. The van der Waals surface area contributed by atoms with Crippen LogP contribution in [-0.2, 0) is 4.79 Å². The maximum Gasteiger partial charge on any atom is 0.227 e. The fourth-order valence-corrected chi connectivity index (χ4v) is 3.91. The van der Waals surface area contributed by atoms with Gasteiger partial charge in [0.2, 0.25) is 5.91 Å². The number of rotatable bonds is 1. The van der Waals surface area contributed by atoms with Crippen LogP contribution in [0, 0.1) is 0 Å². The molecule has 3 rings (SSSR count). The largest absolute Gasteiger partial charge is 0.412 e. The van der Waals surface area contributed by atoms with Gasteiger partial charge < -0.3 is 21.3 Å². The minimum Gasteiger partial charge on any atom is -0.412 e. The maximum atomic E-state index is 11.5. The van der Waals surface area contributed by atoms with Gasteiger partial charge in [-0.1, -0.05) is 5.21 Å². The van der Waals surface area contributed by atoms with Crippen molar-refractivity contribution in [3.63, 3.8) is 0 Å². The van der Waals surface area contributed by atoms with Gasteiger partial charge in [0.1, 0.15) is 6.04 Å². The second-order valence-corrected chi connectivity index (χ2v) is 6.19. The number of carbonyl (C=O) groups excluding carboxylic acids is 1. The molecule has 1 aromatic heterocycles. The first-order valence-corrected chi connectivity index (χ1v) is 5.70. The van der Waals surface area contributed by atoms with Crippen LogP contribution in [0.4, 0.5) is 0 Å². The van der Waals surface area contributed by atoms with Crippen LogP contribution in [0.3, 0.4) is 0 Å². The van der Waals surface area contributed by atoms with Crippen molar-refractivity contribution < 1.29 is 21.2 Å². The monoisotopic (exact) mass is 279 g/mol. The maximum absolute atomic E-state index is 11.5. The second kappa shape index (κ2) is 5.18. The standard InChI is InChI=1S/C8H11N5OS.3H2O/c1-8(2)6(7-9-11-12-10-7)13-4(14)3-5(13)15-8;;;/h5-6H,3H2,1-2H3,(H,9,10,11,12);3*1H2/t5-,6?;;;/m1.../s1. The van der Waals surface area contributed by atoms with Gasteiger partial charge in [-0.05, 0) is 13.8 Å². The molecule has 2 saturated heterocycles. The van der Waals surface area contributed by atoms with Crippen molar-refractivity contribution in [2.75, 3.05) is 0 Å². The van der Waals surface area contributed by atoms with Crippen LogP contribution >= 0.6 is 11.8 Å². The van der Waals surface area contributed by atoms with E-state index in [1.165, 1.54) is 0 Å². The highest BCUT2D eigenvalue weighted by molar-refractivity contribution is 8.01. The van der Waals surface area contributed by atoms with Crippen LogP contribution in [0.25, 0.3) is 0 Å². The minimum atomic E-state index is -0.0486. The predicted octanol–water partition coefficient (Wildman–Crippen LogP) is -2.15. The molecule has 104 valence electrons. The van der Waals surface area contributed by atoms with Crippen molar-refractivity contribution in [2.45, 2.75) is 36.4 Å². The van der Waals surface area contributed by atoms with E-state index in [9.17, 15) is 4.79 Å². The molecule has 9 nitrogen and oxygen atoms in total. The Morgan fingerprint density at radius 3 is 2.56 bits per heavy atom. The van der Waals surface area contributed by atoms with Gasteiger partial charge in [0.25, 0.3) is 0 Å². The average Bonchev–Trinajstić information content (AvgIpc) is 2.70. The van der Waals surface area contributed by atoms with Crippen molar-refractivity contribution >= 4 is 17.7 Å². The molecule has 2 aliphatic rings. The zero-order valence-electron chi connectivity index (χ0n) is 9.97. The Kier molecular flexibility index (Phi) is 4.83. The molecule has 0 bridgehead atoms. The van der Waals surface area contributed by atoms with E-state index in [0.717, 1.165) is 0 Å². The number of carbonyl (C=O) groups is 1. The molecule has 18 heavy (non-hydrogen) atoms. The van der Waals surface area contributed by atoms with E-state index in [2.05, 4.69) is 34.5 Å². The highest BCUT2D eigenvalue weighted by Gasteiger charge is 2.57. The molecule has 0 saturated carbocycles. The van der Waals surface area contributed by atoms with Crippen LogP contribution in [-0.4, -0.2) is 58.0 Å². The van der Waals surface area contributed by atoms with E-state index in [-0.39, 0.29) is 33.1 Å². The summed E-state index contributed by atoms with van der Waals surface area (Å²) in [6, 6.07) is -0.0486. The van der Waals surface area contributed by atoms with Gasteiger partial charge in [-0.15, -0.1) is 22.0 Å². The fourth-order valence-electron chi connectivity index (χ4n) is 2.28. The lowest BCUT2D eigenvalue weighted by Crippen LogP contribution is -2.49. The molecule has 0 spiro atoms. The summed E-state index contributed by atoms with van der Waals surface area (Å²) in [5, 5.41) is 14.3. The van der Waals surface area contributed by atoms with Crippen LogP contribution in [0.15, 0.2) is 0 Å². The topological polar surface area (TPSA) is 169 Å². The quantitative estimate of drug-likeness (QED) is 0.577. The number of nitrogens with one attached hydrogen (secondary N) is 1. The lowest BCUT2D eigenvalue weighted by atomic mass is 9.98. The van der Waals surface area contributed by atoms with E-state index in [0.29, 0.717) is 17.6 Å². The van der Waals surface area contributed by atoms with E-state index in [4.69, 9.17) is 0 Å². The summed E-state index contributed by atoms with van der Waals surface area (Å²) >= 11 is 1.81. The SMILES string of the molecule is CC1(C)S[C@@H]2CC(=O)N2C1c1nn[nH]n1.O.O.O. The summed E-state index contributed by atoms with van der Waals surface area (Å²) < 4.78 is -0.0410. The Hall–Kier alpha value is -1.23. The second-order valence-electron chi connectivity index (χ2n) is 4.35. The summed E-state index contributed by atoms with van der Waals surface area (Å²) in [5.41, 5.74) is 0. The number of β-lactam (4-membered cyclic amide) rings is 1. The third-order valence-electron chi connectivity index (χ3n) is 2.93. The Balaban J connectivity index is 0.000000963. The Morgan fingerprint density at radius 2 is 2.06 bits per heavy atom. The number of amides is 1. The van der Waals surface area contributed by atoms with Gasteiger partial charge in [0, 0.05) is 4.75 Å². The number of H-pyrrole nitrogens is 1. The van der Waals surface area contributed by atoms with Crippen molar-refractivity contribution in [1.29, 1.82) is 0 Å². The third kappa shape index (κ3) is 2.07. The third-order valence-corrected chi connectivity index (χ3v) is 4.43. The number of tetrazole rings is 1. The zero-order valence-corrected chi connectivity index (χ0v) is 10.8. The van der Waals surface area contributed by atoms with Gasteiger partial charge in [0.05, 0.1) is 11.8 Å². The normalized spacial score (nSPS) is 27.2. The average molecular weight is 279 g/mol. The zero-order chi connectivity index (χ0) is 10.6. The van der Waals surface area contributed by atoms with Crippen LogP contribution in [0.2, 0.25) is 0 Å². The van der Waals surface area contributed by atoms with Crippen molar-refractivity contribution in [3.8, 4) is 0 Å². The molecular weight excluding hydrogens is 262 g/mol. The highest BCUT2D eigenvalue weighted by Crippen LogP contribution is 2.56. The van der Waals surface area contributed by atoms with Gasteiger partial charge in [-0.2, -0.15) is 5.21 Å². The molecule has 1 unspecified atom stereocenters. The molecular formula is C8H17N5O4S. The first kappa shape index (κ1) is 16.8. The van der Waals surface area contributed by atoms with E-state index in [1.807, 2.05) is 16.7 Å². The molecule has 2 atom stereocenters. The van der Waals surface area contributed by atoms with Crippen LogP contribution in [0.1, 0.15) is 32.1 Å². The Morgan fingerprint density at radius 1 is 1.39 bits per heavy atom. The number of hydrogen-bond donors (Lipinski definition) is 1. The molecule has 7 N–H and O–H groups in total.